The SMILES string of the molecule is CC(C)CCn1ccc2c(OCC(=O)N[C@@H]3CCS(=O)(=O)C3)cccc21. The number of rotatable bonds is 7. The summed E-state index contributed by atoms with van der Waals surface area (Å²) in [5, 5.41) is 3.72. The fourth-order valence-corrected chi connectivity index (χ4v) is 4.91. The molecule has 1 aromatic carbocycles. The zero-order chi connectivity index (χ0) is 18.7. The van der Waals surface area contributed by atoms with Gasteiger partial charge in [-0.15, -0.1) is 0 Å². The minimum absolute atomic E-state index is 0.0209. The van der Waals surface area contributed by atoms with Gasteiger partial charge in [0, 0.05) is 24.2 Å². The molecule has 1 N–H and O–H groups in total. The van der Waals surface area contributed by atoms with Crippen LogP contribution in [0.15, 0.2) is 30.5 Å². The summed E-state index contributed by atoms with van der Waals surface area (Å²) in [6.45, 7) is 5.23. The molecule has 1 amide bonds. The van der Waals surface area contributed by atoms with Crippen LogP contribution in [0.5, 0.6) is 5.75 Å². The van der Waals surface area contributed by atoms with Crippen molar-refractivity contribution in [1.82, 2.24) is 9.88 Å². The van der Waals surface area contributed by atoms with E-state index in [2.05, 4.69) is 23.7 Å². The number of hydrogen-bond acceptors (Lipinski definition) is 4. The van der Waals surface area contributed by atoms with Crippen LogP contribution in [0.4, 0.5) is 0 Å². The van der Waals surface area contributed by atoms with Gasteiger partial charge >= 0.3 is 0 Å². The Balaban J connectivity index is 1.61. The monoisotopic (exact) mass is 378 g/mol. The van der Waals surface area contributed by atoms with Crippen molar-refractivity contribution in [2.75, 3.05) is 18.1 Å². The van der Waals surface area contributed by atoms with Crippen LogP contribution < -0.4 is 10.1 Å². The molecule has 7 heteroatoms. The van der Waals surface area contributed by atoms with E-state index in [4.69, 9.17) is 4.74 Å². The molecule has 6 nitrogen and oxygen atoms in total. The van der Waals surface area contributed by atoms with Crippen molar-refractivity contribution in [3.63, 3.8) is 0 Å². The summed E-state index contributed by atoms with van der Waals surface area (Å²) >= 11 is 0. The average Bonchev–Trinajstić information content (AvgIpc) is 3.14. The van der Waals surface area contributed by atoms with E-state index in [-0.39, 0.29) is 30.1 Å². The Morgan fingerprint density at radius 3 is 2.85 bits per heavy atom. The van der Waals surface area contributed by atoms with Gasteiger partial charge in [0.15, 0.2) is 16.4 Å². The molecule has 26 heavy (non-hydrogen) atoms. The maximum absolute atomic E-state index is 12.1. The average molecular weight is 378 g/mol. The predicted molar refractivity (Wildman–Crippen MR) is 102 cm³/mol. The third-order valence-corrected chi connectivity index (χ3v) is 6.45. The van der Waals surface area contributed by atoms with Crippen LogP contribution in [-0.4, -0.2) is 43.0 Å². The van der Waals surface area contributed by atoms with Crippen molar-refractivity contribution in [3.8, 4) is 5.75 Å². The van der Waals surface area contributed by atoms with E-state index >= 15 is 0 Å². The molecule has 2 heterocycles. The summed E-state index contributed by atoms with van der Waals surface area (Å²) in [6.07, 6.45) is 3.62. The molecule has 0 aliphatic carbocycles. The zero-order valence-corrected chi connectivity index (χ0v) is 16.1. The third-order valence-electron chi connectivity index (χ3n) is 4.68. The van der Waals surface area contributed by atoms with Crippen LogP contribution in [0.2, 0.25) is 0 Å². The number of aromatic nitrogens is 1. The van der Waals surface area contributed by atoms with Gasteiger partial charge in [0.2, 0.25) is 0 Å². The molecule has 1 saturated heterocycles. The fraction of sp³-hybridized carbons (Fsp3) is 0.526. The second-order valence-electron chi connectivity index (χ2n) is 7.34. The lowest BCUT2D eigenvalue weighted by molar-refractivity contribution is -0.123. The second-order valence-corrected chi connectivity index (χ2v) is 9.57. The largest absolute Gasteiger partial charge is 0.483 e. The predicted octanol–water partition coefficient (Wildman–Crippen LogP) is 2.37. The van der Waals surface area contributed by atoms with E-state index in [1.54, 1.807) is 0 Å². The summed E-state index contributed by atoms with van der Waals surface area (Å²) in [6, 6.07) is 7.52. The third kappa shape index (κ3) is 4.58. The van der Waals surface area contributed by atoms with E-state index in [1.807, 2.05) is 30.5 Å². The molecule has 3 rings (SSSR count). The Morgan fingerprint density at radius 1 is 1.35 bits per heavy atom. The molecule has 1 aliphatic rings. The Bertz CT molecular complexity index is 886. The van der Waals surface area contributed by atoms with Gasteiger partial charge in [0.25, 0.3) is 5.91 Å². The van der Waals surface area contributed by atoms with E-state index < -0.39 is 9.84 Å². The van der Waals surface area contributed by atoms with Crippen LogP contribution in [0, 0.1) is 5.92 Å². The zero-order valence-electron chi connectivity index (χ0n) is 15.3. The maximum Gasteiger partial charge on any atom is 0.258 e. The molecule has 2 aromatic rings. The molecular formula is C19H26N2O4S. The second kappa shape index (κ2) is 7.70. The van der Waals surface area contributed by atoms with Crippen LogP contribution in [0.25, 0.3) is 10.9 Å². The summed E-state index contributed by atoms with van der Waals surface area (Å²) in [4.78, 5) is 12.1. The highest BCUT2D eigenvalue weighted by Gasteiger charge is 2.28. The molecule has 0 saturated carbocycles. The quantitative estimate of drug-likeness (QED) is 0.802. The van der Waals surface area contributed by atoms with Gasteiger partial charge in [0.1, 0.15) is 5.75 Å². The number of nitrogens with zero attached hydrogens (tertiary/aromatic N) is 1. The van der Waals surface area contributed by atoms with Crippen molar-refractivity contribution < 1.29 is 17.9 Å². The van der Waals surface area contributed by atoms with E-state index in [0.29, 0.717) is 18.1 Å². The Hall–Kier alpha value is -2.02. The molecule has 0 spiro atoms. The smallest absolute Gasteiger partial charge is 0.258 e. The molecule has 1 aromatic heterocycles. The molecular weight excluding hydrogens is 352 g/mol. The number of fused-ring (bicyclic) bond motifs is 1. The summed E-state index contributed by atoms with van der Waals surface area (Å²) in [5.41, 5.74) is 1.09. The van der Waals surface area contributed by atoms with Gasteiger partial charge < -0.3 is 14.6 Å². The first-order valence-corrected chi connectivity index (χ1v) is 10.9. The molecule has 0 unspecified atom stereocenters. The molecule has 0 bridgehead atoms. The summed E-state index contributed by atoms with van der Waals surface area (Å²) in [7, 11) is -3.00. The number of nitrogens with one attached hydrogen (secondary N) is 1. The van der Waals surface area contributed by atoms with E-state index in [1.165, 1.54) is 0 Å². The van der Waals surface area contributed by atoms with Crippen molar-refractivity contribution in [2.45, 2.75) is 39.3 Å². The number of carbonyl (C=O) groups is 1. The topological polar surface area (TPSA) is 77.4 Å². The van der Waals surface area contributed by atoms with Gasteiger partial charge in [-0.1, -0.05) is 19.9 Å². The molecule has 1 aliphatic heterocycles. The number of ether oxygens (including phenoxy) is 1. The van der Waals surface area contributed by atoms with Gasteiger partial charge in [-0.3, -0.25) is 4.79 Å². The Labute approximate surface area is 154 Å². The van der Waals surface area contributed by atoms with Crippen molar-refractivity contribution in [2.24, 2.45) is 5.92 Å². The first-order valence-electron chi connectivity index (χ1n) is 9.04. The van der Waals surface area contributed by atoms with Crippen molar-refractivity contribution in [1.29, 1.82) is 0 Å². The highest BCUT2D eigenvalue weighted by Crippen LogP contribution is 2.27. The molecule has 0 radical (unpaired) electrons. The van der Waals surface area contributed by atoms with Gasteiger partial charge in [-0.2, -0.15) is 0 Å². The first kappa shape index (κ1) is 18.8. The lowest BCUT2D eigenvalue weighted by Crippen LogP contribution is -2.38. The van der Waals surface area contributed by atoms with E-state index in [9.17, 15) is 13.2 Å². The lowest BCUT2D eigenvalue weighted by atomic mass is 10.1. The summed E-state index contributed by atoms with van der Waals surface area (Å²) in [5.74, 6) is 1.17. The molecule has 1 fully saturated rings. The minimum atomic E-state index is -3.00. The maximum atomic E-state index is 12.1. The Kier molecular flexibility index (Phi) is 5.55. The highest BCUT2D eigenvalue weighted by atomic mass is 32.2. The first-order chi connectivity index (χ1) is 12.3. The van der Waals surface area contributed by atoms with E-state index in [0.717, 1.165) is 23.9 Å². The number of amides is 1. The van der Waals surface area contributed by atoms with Crippen LogP contribution in [0.3, 0.4) is 0 Å². The van der Waals surface area contributed by atoms with Crippen molar-refractivity contribution in [3.05, 3.63) is 30.5 Å². The van der Waals surface area contributed by atoms with Crippen LogP contribution >= 0.6 is 0 Å². The lowest BCUT2D eigenvalue weighted by Gasteiger charge is -2.12. The van der Waals surface area contributed by atoms with Crippen LogP contribution in [0.1, 0.15) is 26.7 Å². The van der Waals surface area contributed by atoms with Gasteiger partial charge in [-0.05, 0) is 37.0 Å². The normalized spacial score (nSPS) is 19.1. The van der Waals surface area contributed by atoms with Crippen LogP contribution in [-0.2, 0) is 21.2 Å². The number of sulfone groups is 1. The van der Waals surface area contributed by atoms with Gasteiger partial charge in [-0.25, -0.2) is 8.42 Å². The van der Waals surface area contributed by atoms with Crippen molar-refractivity contribution >= 4 is 26.6 Å². The number of hydrogen-bond donors (Lipinski definition) is 1. The standard InChI is InChI=1S/C19H26N2O4S/c1-14(2)6-9-21-10-7-16-17(21)4-3-5-18(16)25-12-19(22)20-15-8-11-26(23,24)13-15/h3-5,7,10,14-15H,6,8-9,11-13H2,1-2H3,(H,20,22)/t15-/m1/s1. The minimum Gasteiger partial charge on any atom is -0.483 e. The van der Waals surface area contributed by atoms with Gasteiger partial charge in [0.05, 0.1) is 17.0 Å². The molecule has 142 valence electrons. The fourth-order valence-electron chi connectivity index (χ4n) is 3.23. The molecule has 1 atom stereocenters. The number of carbonyl (C=O) groups excluding carboxylic acids is 1. The Morgan fingerprint density at radius 2 is 2.15 bits per heavy atom. The number of benzene rings is 1. The number of aryl methyl sites for hydroxylation is 1. The highest BCUT2D eigenvalue weighted by molar-refractivity contribution is 7.91. The summed E-state index contributed by atoms with van der Waals surface area (Å²) < 4.78 is 30.8.